The highest BCUT2D eigenvalue weighted by molar-refractivity contribution is 9.10. The van der Waals surface area contributed by atoms with Gasteiger partial charge in [-0.2, -0.15) is 5.10 Å². The monoisotopic (exact) mass is 301 g/mol. The number of hydrogen-bond donors (Lipinski definition) is 1. The van der Waals surface area contributed by atoms with Crippen LogP contribution in [0.4, 0.5) is 0 Å². The van der Waals surface area contributed by atoms with Crippen molar-refractivity contribution in [3.63, 3.8) is 0 Å². The molecule has 1 heterocycles. The molecule has 0 spiro atoms. The van der Waals surface area contributed by atoms with E-state index in [-0.39, 0.29) is 0 Å². The summed E-state index contributed by atoms with van der Waals surface area (Å²) in [6.45, 7) is 11.1. The zero-order valence-corrected chi connectivity index (χ0v) is 13.3. The van der Waals surface area contributed by atoms with E-state index in [9.17, 15) is 0 Å². The Hall–Kier alpha value is -0.350. The predicted octanol–water partition coefficient (Wildman–Crippen LogP) is 3.92. The van der Waals surface area contributed by atoms with Crippen LogP contribution in [0.2, 0.25) is 0 Å². The highest BCUT2D eigenvalue weighted by Crippen LogP contribution is 2.33. The third kappa shape index (κ3) is 3.81. The van der Waals surface area contributed by atoms with Crippen LogP contribution in [0.25, 0.3) is 0 Å². The Labute approximate surface area is 113 Å². The number of nitrogens with zero attached hydrogens (tertiary/aromatic N) is 2. The van der Waals surface area contributed by atoms with Crippen molar-refractivity contribution in [2.24, 2.45) is 5.41 Å². The lowest BCUT2D eigenvalue weighted by molar-refractivity contribution is 0.306. The fraction of sp³-hybridized carbons (Fsp3) is 0.769. The van der Waals surface area contributed by atoms with Crippen LogP contribution in [0.3, 0.4) is 0 Å². The number of hydrogen-bond acceptors (Lipinski definition) is 2. The second kappa shape index (κ2) is 5.53. The zero-order valence-electron chi connectivity index (χ0n) is 11.7. The van der Waals surface area contributed by atoms with Gasteiger partial charge in [-0.3, -0.25) is 4.68 Å². The van der Waals surface area contributed by atoms with Gasteiger partial charge in [-0.1, -0.05) is 20.8 Å². The highest BCUT2D eigenvalue weighted by Gasteiger charge is 2.24. The summed E-state index contributed by atoms with van der Waals surface area (Å²) in [5, 5.41) is 7.85. The first-order chi connectivity index (χ1) is 7.76. The van der Waals surface area contributed by atoms with Gasteiger partial charge in [-0.05, 0) is 48.7 Å². The van der Waals surface area contributed by atoms with Crippen molar-refractivity contribution in [3.8, 4) is 0 Å². The van der Waals surface area contributed by atoms with Gasteiger partial charge in [-0.15, -0.1) is 0 Å². The second-order valence-electron chi connectivity index (χ2n) is 6.02. The summed E-state index contributed by atoms with van der Waals surface area (Å²) >= 11 is 3.61. The molecule has 1 unspecified atom stereocenters. The smallest absolute Gasteiger partial charge is 0.0698 e. The Kier molecular flexibility index (Phi) is 4.78. The van der Waals surface area contributed by atoms with Gasteiger partial charge in [0.15, 0.2) is 0 Å². The molecule has 0 bridgehead atoms. The fourth-order valence-electron chi connectivity index (χ4n) is 2.04. The van der Waals surface area contributed by atoms with E-state index in [1.807, 2.05) is 13.2 Å². The molecule has 0 amide bonds. The van der Waals surface area contributed by atoms with Crippen molar-refractivity contribution in [2.75, 3.05) is 7.05 Å². The summed E-state index contributed by atoms with van der Waals surface area (Å²) in [6.07, 6.45) is 2.98. The molecule has 1 atom stereocenters. The summed E-state index contributed by atoms with van der Waals surface area (Å²) in [5.74, 6) is 0. The molecule has 3 nitrogen and oxygen atoms in total. The van der Waals surface area contributed by atoms with E-state index in [1.54, 1.807) is 0 Å². The molecule has 0 radical (unpaired) electrons. The van der Waals surface area contributed by atoms with Gasteiger partial charge in [0.1, 0.15) is 0 Å². The van der Waals surface area contributed by atoms with Crippen LogP contribution in [0.1, 0.15) is 58.8 Å². The van der Waals surface area contributed by atoms with Gasteiger partial charge >= 0.3 is 0 Å². The van der Waals surface area contributed by atoms with Crippen molar-refractivity contribution >= 4 is 15.9 Å². The first-order valence-electron chi connectivity index (χ1n) is 6.16. The maximum absolute atomic E-state index is 4.44. The van der Waals surface area contributed by atoms with Crippen LogP contribution in [0, 0.1) is 5.41 Å². The molecular weight excluding hydrogens is 278 g/mol. The number of aromatic nitrogens is 2. The number of halogens is 1. The van der Waals surface area contributed by atoms with Crippen molar-refractivity contribution in [1.29, 1.82) is 0 Å². The van der Waals surface area contributed by atoms with Gasteiger partial charge in [0.2, 0.25) is 0 Å². The Morgan fingerprint density at radius 3 is 2.41 bits per heavy atom. The van der Waals surface area contributed by atoms with Crippen molar-refractivity contribution in [3.05, 3.63) is 16.4 Å². The molecule has 1 aromatic rings. The molecule has 1 rings (SSSR count). The molecule has 98 valence electrons. The Morgan fingerprint density at radius 2 is 2.00 bits per heavy atom. The van der Waals surface area contributed by atoms with E-state index >= 15 is 0 Å². The SMILES string of the molecule is CNC(CC(C)(C)C)c1c(Br)cnn1C(C)C. The molecule has 0 aliphatic carbocycles. The molecule has 0 saturated carbocycles. The van der Waals surface area contributed by atoms with Crippen LogP contribution in [0.5, 0.6) is 0 Å². The minimum atomic E-state index is 0.291. The maximum Gasteiger partial charge on any atom is 0.0698 e. The minimum absolute atomic E-state index is 0.291. The van der Waals surface area contributed by atoms with E-state index in [1.165, 1.54) is 5.69 Å². The maximum atomic E-state index is 4.44. The van der Waals surface area contributed by atoms with Crippen molar-refractivity contribution in [1.82, 2.24) is 15.1 Å². The lowest BCUT2D eigenvalue weighted by Gasteiger charge is -2.27. The topological polar surface area (TPSA) is 29.9 Å². The number of nitrogens with one attached hydrogen (secondary N) is 1. The standard InChI is InChI=1S/C13H24BrN3/c1-9(2)17-12(10(14)8-16-17)11(15-6)7-13(3,4)5/h8-9,11,15H,7H2,1-6H3. The largest absolute Gasteiger partial charge is 0.312 e. The van der Waals surface area contributed by atoms with Gasteiger partial charge in [0.25, 0.3) is 0 Å². The summed E-state index contributed by atoms with van der Waals surface area (Å²) < 4.78 is 3.19. The summed E-state index contributed by atoms with van der Waals surface area (Å²) in [6, 6.07) is 0.710. The van der Waals surface area contributed by atoms with E-state index in [2.05, 4.69) is 65.6 Å². The van der Waals surface area contributed by atoms with Crippen LogP contribution in [-0.2, 0) is 0 Å². The lowest BCUT2D eigenvalue weighted by atomic mass is 9.87. The average Bonchev–Trinajstić information content (AvgIpc) is 2.55. The number of rotatable bonds is 4. The molecule has 1 aromatic heterocycles. The lowest BCUT2D eigenvalue weighted by Crippen LogP contribution is -2.26. The molecule has 0 aromatic carbocycles. The van der Waals surface area contributed by atoms with E-state index < -0.39 is 0 Å². The van der Waals surface area contributed by atoms with Gasteiger partial charge in [0, 0.05) is 6.04 Å². The van der Waals surface area contributed by atoms with E-state index in [4.69, 9.17) is 0 Å². The van der Waals surface area contributed by atoms with Crippen molar-refractivity contribution < 1.29 is 0 Å². The average molecular weight is 302 g/mol. The van der Waals surface area contributed by atoms with Gasteiger partial charge < -0.3 is 5.32 Å². The summed E-state index contributed by atoms with van der Waals surface area (Å²) in [7, 11) is 2.01. The third-order valence-electron chi connectivity index (χ3n) is 2.77. The Balaban J connectivity index is 3.07. The quantitative estimate of drug-likeness (QED) is 0.913. The normalized spacial score (nSPS) is 14.4. The van der Waals surface area contributed by atoms with E-state index in [0.717, 1.165) is 10.9 Å². The molecule has 0 fully saturated rings. The highest BCUT2D eigenvalue weighted by atomic mass is 79.9. The first-order valence-corrected chi connectivity index (χ1v) is 6.95. The fourth-order valence-corrected chi connectivity index (χ4v) is 2.59. The molecule has 0 aliphatic heterocycles. The Morgan fingerprint density at radius 1 is 1.41 bits per heavy atom. The third-order valence-corrected chi connectivity index (χ3v) is 3.38. The molecule has 0 saturated heterocycles. The van der Waals surface area contributed by atoms with Gasteiger partial charge in [0.05, 0.1) is 22.4 Å². The van der Waals surface area contributed by atoms with E-state index in [0.29, 0.717) is 17.5 Å². The van der Waals surface area contributed by atoms with Gasteiger partial charge in [-0.25, -0.2) is 0 Å². The summed E-state index contributed by atoms with van der Waals surface area (Å²) in [4.78, 5) is 0. The molecular formula is C13H24BrN3. The first kappa shape index (κ1) is 14.7. The molecule has 4 heteroatoms. The van der Waals surface area contributed by atoms with Crippen LogP contribution in [0.15, 0.2) is 10.7 Å². The van der Waals surface area contributed by atoms with Crippen LogP contribution < -0.4 is 5.32 Å². The Bertz CT molecular complexity index is 363. The van der Waals surface area contributed by atoms with Crippen LogP contribution >= 0.6 is 15.9 Å². The molecule has 0 aliphatic rings. The second-order valence-corrected chi connectivity index (χ2v) is 6.88. The molecule has 17 heavy (non-hydrogen) atoms. The van der Waals surface area contributed by atoms with Crippen molar-refractivity contribution in [2.45, 2.75) is 53.1 Å². The summed E-state index contributed by atoms with van der Waals surface area (Å²) in [5.41, 5.74) is 1.54. The predicted molar refractivity (Wildman–Crippen MR) is 76.2 cm³/mol. The van der Waals surface area contributed by atoms with Crippen LogP contribution in [-0.4, -0.2) is 16.8 Å². The zero-order chi connectivity index (χ0) is 13.2. The molecule has 1 N–H and O–H groups in total. The minimum Gasteiger partial charge on any atom is -0.312 e.